The van der Waals surface area contributed by atoms with Gasteiger partial charge in [-0.1, -0.05) is 0 Å². The Bertz CT molecular complexity index is 577. The van der Waals surface area contributed by atoms with Crippen molar-refractivity contribution in [1.29, 1.82) is 0 Å². The second-order valence-corrected chi connectivity index (χ2v) is 8.06. The van der Waals surface area contributed by atoms with Gasteiger partial charge in [-0.05, 0) is 0 Å². The summed E-state index contributed by atoms with van der Waals surface area (Å²) in [5, 5.41) is 3.25. The monoisotopic (exact) mass is 345 g/mol. The normalized spacial score (nSPS) is 18.5. The van der Waals surface area contributed by atoms with Crippen molar-refractivity contribution in [3.63, 3.8) is 0 Å². The molecule has 1 saturated heterocycles. The fraction of sp³-hybridized carbons (Fsp3) is 0.400. The molecule has 1 N–H and O–H groups in total. The molecule has 2 unspecified atom stereocenters. The summed E-state index contributed by atoms with van der Waals surface area (Å²) in [6.45, 7) is 2.93. The van der Waals surface area contributed by atoms with E-state index >= 15 is 0 Å². The average molecular weight is 345 g/mol. The molecule has 3 heterocycles. The third kappa shape index (κ3) is 3.73. The second-order valence-electron chi connectivity index (χ2n) is 5.13. The quantitative estimate of drug-likeness (QED) is 0.840. The van der Waals surface area contributed by atoms with Gasteiger partial charge in [-0.3, -0.25) is 0 Å². The summed E-state index contributed by atoms with van der Waals surface area (Å²) in [4.78, 5) is 15.6. The van der Waals surface area contributed by atoms with E-state index in [4.69, 9.17) is 0 Å². The molecule has 6 heteroatoms. The predicted molar refractivity (Wildman–Crippen MR) is 87.2 cm³/mol. The molecule has 110 valence electrons. The molecule has 0 aliphatic carbocycles. The first-order valence-corrected chi connectivity index (χ1v) is 10.5. The van der Waals surface area contributed by atoms with E-state index in [2.05, 4.69) is 30.9 Å². The first-order chi connectivity index (χ1) is 10.3. The van der Waals surface area contributed by atoms with Gasteiger partial charge in [0.1, 0.15) is 0 Å². The Morgan fingerprint density at radius 3 is 3.00 bits per heavy atom. The van der Waals surface area contributed by atoms with Crippen molar-refractivity contribution in [1.82, 2.24) is 15.0 Å². The molecule has 0 spiro atoms. The first kappa shape index (κ1) is 14.3. The van der Waals surface area contributed by atoms with Gasteiger partial charge in [-0.15, -0.1) is 0 Å². The number of nitrogens with zero attached hydrogens (tertiary/aromatic N) is 4. The van der Waals surface area contributed by atoms with E-state index in [-0.39, 0.29) is 15.8 Å². The van der Waals surface area contributed by atoms with Crippen molar-refractivity contribution >= 4 is 27.5 Å². The van der Waals surface area contributed by atoms with Gasteiger partial charge in [0.25, 0.3) is 0 Å². The molecule has 21 heavy (non-hydrogen) atoms. The third-order valence-electron chi connectivity index (χ3n) is 3.72. The zero-order valence-electron chi connectivity index (χ0n) is 12.2. The van der Waals surface area contributed by atoms with Gasteiger partial charge in [-0.25, -0.2) is 0 Å². The zero-order valence-corrected chi connectivity index (χ0v) is 14.3. The van der Waals surface area contributed by atoms with Crippen LogP contribution in [0.1, 0.15) is 12.1 Å². The molecule has 5 nitrogen and oxygen atoms in total. The molecule has 1 fully saturated rings. The molecule has 1 aliphatic heterocycles. The molecule has 0 aromatic carbocycles. The Labute approximate surface area is 131 Å². The number of rotatable bonds is 5. The van der Waals surface area contributed by atoms with Gasteiger partial charge >= 0.3 is 132 Å². The first-order valence-electron chi connectivity index (χ1n) is 7.24. The van der Waals surface area contributed by atoms with Crippen molar-refractivity contribution in [2.75, 3.05) is 23.3 Å². The fourth-order valence-corrected chi connectivity index (χ4v) is 4.21. The minimum atomic E-state index is 0.206. The second kappa shape index (κ2) is 6.90. The van der Waals surface area contributed by atoms with Crippen molar-refractivity contribution in [2.45, 2.75) is 23.4 Å². The van der Waals surface area contributed by atoms with Crippen LogP contribution in [-0.2, 0) is 6.54 Å². The van der Waals surface area contributed by atoms with E-state index in [0.29, 0.717) is 12.5 Å². The average Bonchev–Trinajstić information content (AvgIpc) is 3.03. The maximum absolute atomic E-state index is 4.63. The fourth-order valence-electron chi connectivity index (χ4n) is 2.49. The molecule has 2 atom stereocenters. The van der Waals surface area contributed by atoms with Crippen LogP contribution in [0.5, 0.6) is 0 Å². The molecular weight excluding hydrogens is 325 g/mol. The van der Waals surface area contributed by atoms with E-state index < -0.39 is 0 Å². The molecule has 1 aliphatic rings. The Morgan fingerprint density at radius 1 is 1.29 bits per heavy atom. The molecule has 3 rings (SSSR count). The summed E-state index contributed by atoms with van der Waals surface area (Å²) in [5.41, 5.74) is 3.37. The number of nitrogens with one attached hydrogen (secondary N) is 1. The number of pyridine rings is 1. The number of hydrogen-bond acceptors (Lipinski definition) is 5. The van der Waals surface area contributed by atoms with Crippen LogP contribution in [0.15, 0.2) is 36.7 Å². The van der Waals surface area contributed by atoms with Gasteiger partial charge in [0.2, 0.25) is 0 Å². The van der Waals surface area contributed by atoms with E-state index in [1.165, 1.54) is 6.42 Å². The Balaban J connectivity index is 1.63. The van der Waals surface area contributed by atoms with E-state index in [0.717, 1.165) is 29.3 Å². The third-order valence-corrected chi connectivity index (χ3v) is 6.42. The van der Waals surface area contributed by atoms with Crippen LogP contribution >= 0.6 is 0 Å². The van der Waals surface area contributed by atoms with Gasteiger partial charge in [0, 0.05) is 0 Å². The van der Waals surface area contributed by atoms with Gasteiger partial charge < -0.3 is 0 Å². The summed E-state index contributed by atoms with van der Waals surface area (Å²) in [6, 6.07) is 7.90. The topological polar surface area (TPSA) is 53.9 Å². The summed E-state index contributed by atoms with van der Waals surface area (Å²) in [7, 11) is 0. The van der Waals surface area contributed by atoms with Crippen LogP contribution < -0.4 is 10.2 Å². The van der Waals surface area contributed by atoms with Crippen LogP contribution in [0.2, 0.25) is 10.4 Å². The van der Waals surface area contributed by atoms with E-state index in [1.54, 1.807) is 6.20 Å². The summed E-state index contributed by atoms with van der Waals surface area (Å²) in [5.74, 6) is 1.71. The van der Waals surface area contributed by atoms with Crippen LogP contribution in [-0.4, -0.2) is 43.8 Å². The molecule has 2 aromatic heterocycles. The van der Waals surface area contributed by atoms with E-state index in [9.17, 15) is 0 Å². The van der Waals surface area contributed by atoms with E-state index in [1.807, 2.05) is 30.5 Å². The standard InChI is InChI=1S/C15H20AsN5/c1-16-12-6-9-21(11-12)14-5-8-18-15(20-14)19-10-13-4-2-3-7-17-13/h2-5,7-8,12,16H,6,9-11H2,1H3,(H,18,19,20). The maximum atomic E-state index is 4.63. The molecule has 0 bridgehead atoms. The number of hydrogen-bond donors (Lipinski definition) is 1. The molecular formula is C15H20AsN5. The van der Waals surface area contributed by atoms with Crippen molar-refractivity contribution < 1.29 is 0 Å². The van der Waals surface area contributed by atoms with Crippen molar-refractivity contribution in [3.05, 3.63) is 42.4 Å². The molecule has 2 aromatic rings. The molecule has 0 radical (unpaired) electrons. The SMILES string of the molecule is C[AsH]C1CCN(c2ccnc(NCc3ccccn3)n2)C1. The van der Waals surface area contributed by atoms with Gasteiger partial charge in [-0.2, -0.15) is 0 Å². The van der Waals surface area contributed by atoms with Crippen molar-refractivity contribution in [3.8, 4) is 0 Å². The van der Waals surface area contributed by atoms with Crippen LogP contribution in [0.4, 0.5) is 11.8 Å². The van der Waals surface area contributed by atoms with Gasteiger partial charge in [0.05, 0.1) is 0 Å². The summed E-state index contributed by atoms with van der Waals surface area (Å²) >= 11 is 0.206. The predicted octanol–water partition coefficient (Wildman–Crippen LogP) is 1.97. The number of aromatic nitrogens is 3. The Kier molecular flexibility index (Phi) is 4.71. The summed E-state index contributed by atoms with van der Waals surface area (Å²) < 4.78 is 0.921. The van der Waals surface area contributed by atoms with Crippen LogP contribution in [0, 0.1) is 0 Å². The molecule has 0 amide bonds. The number of anilines is 2. The van der Waals surface area contributed by atoms with Gasteiger partial charge in [0.15, 0.2) is 0 Å². The van der Waals surface area contributed by atoms with Crippen molar-refractivity contribution in [2.24, 2.45) is 0 Å². The Hall–Kier alpha value is -1.61. The summed E-state index contributed by atoms with van der Waals surface area (Å²) in [6.07, 6.45) is 4.95. The molecule has 0 saturated carbocycles. The Morgan fingerprint density at radius 2 is 2.24 bits per heavy atom. The zero-order chi connectivity index (χ0) is 14.5. The van der Waals surface area contributed by atoms with Crippen LogP contribution in [0.3, 0.4) is 0 Å². The van der Waals surface area contributed by atoms with Crippen LogP contribution in [0.25, 0.3) is 0 Å². The minimum absolute atomic E-state index is 0.206.